The lowest BCUT2D eigenvalue weighted by Gasteiger charge is -2.32. The van der Waals surface area contributed by atoms with E-state index in [0.29, 0.717) is 5.75 Å². The van der Waals surface area contributed by atoms with Gasteiger partial charge in [0.15, 0.2) is 0 Å². The van der Waals surface area contributed by atoms with E-state index in [-0.39, 0.29) is 17.5 Å². The lowest BCUT2D eigenvalue weighted by atomic mass is 9.72. The Balaban J connectivity index is 0.000000457. The van der Waals surface area contributed by atoms with Gasteiger partial charge in [0, 0.05) is 6.08 Å². The lowest BCUT2D eigenvalue weighted by Crippen LogP contribution is -2.19. The van der Waals surface area contributed by atoms with Gasteiger partial charge in [0.25, 0.3) is 0 Å². The molecule has 1 aromatic rings. The lowest BCUT2D eigenvalue weighted by molar-refractivity contribution is -0.129. The Kier molecular flexibility index (Phi) is 19.2. The second-order valence-electron chi connectivity index (χ2n) is 16.8. The van der Waals surface area contributed by atoms with E-state index in [9.17, 15) is 4.79 Å². The number of hydrogen-bond acceptors (Lipinski definition) is 3. The summed E-state index contributed by atoms with van der Waals surface area (Å²) in [5.74, 6) is 3.93. The summed E-state index contributed by atoms with van der Waals surface area (Å²) in [7, 11) is 0. The molecule has 3 rings (SSSR count). The van der Waals surface area contributed by atoms with E-state index in [2.05, 4.69) is 87.5 Å². The van der Waals surface area contributed by atoms with Crippen molar-refractivity contribution < 1.29 is 14.3 Å². The molecule has 2 aliphatic rings. The van der Waals surface area contributed by atoms with Crippen LogP contribution in [0.2, 0.25) is 0 Å². The number of carbonyl (C=O) groups excluding carboxylic acids is 1. The van der Waals surface area contributed by atoms with Gasteiger partial charge in [-0.25, -0.2) is 4.79 Å². The molecule has 0 bridgehead atoms. The zero-order valence-corrected chi connectivity index (χ0v) is 34.3. The average molecular weight is 687 g/mol. The third kappa shape index (κ3) is 16.5. The van der Waals surface area contributed by atoms with E-state index in [1.807, 2.05) is 38.1 Å². The molecule has 0 radical (unpaired) electrons. The van der Waals surface area contributed by atoms with Gasteiger partial charge in [-0.05, 0) is 124 Å². The fraction of sp³-hybridized carbons (Fsp3) is 0.638. The molecule has 1 heterocycles. The molecular formula is C47H74O3. The fourth-order valence-corrected chi connectivity index (χ4v) is 7.33. The van der Waals surface area contributed by atoms with Gasteiger partial charge < -0.3 is 9.47 Å². The summed E-state index contributed by atoms with van der Waals surface area (Å²) in [4.78, 5) is 12.4. The second kappa shape index (κ2) is 22.2. The number of ether oxygens (including phenoxy) is 2. The number of carbonyl (C=O) groups is 1. The van der Waals surface area contributed by atoms with Gasteiger partial charge in [-0.2, -0.15) is 0 Å². The average Bonchev–Trinajstić information content (AvgIpc) is 3.01. The molecule has 1 aliphatic carbocycles. The van der Waals surface area contributed by atoms with Crippen LogP contribution in [-0.2, 0) is 11.2 Å². The van der Waals surface area contributed by atoms with Crippen LogP contribution in [0.1, 0.15) is 164 Å². The summed E-state index contributed by atoms with van der Waals surface area (Å²) in [5, 5.41) is 0. The summed E-state index contributed by atoms with van der Waals surface area (Å²) >= 11 is 0. The smallest absolute Gasteiger partial charge is 0.336 e. The van der Waals surface area contributed by atoms with Gasteiger partial charge in [-0.1, -0.05) is 141 Å². The summed E-state index contributed by atoms with van der Waals surface area (Å²) in [5.41, 5.74) is 7.35. The third-order valence-electron chi connectivity index (χ3n) is 10.5. The van der Waals surface area contributed by atoms with Crippen molar-refractivity contribution in [3.05, 3.63) is 82.0 Å². The minimum absolute atomic E-state index is 0.227. The van der Waals surface area contributed by atoms with Gasteiger partial charge in [0.05, 0.1) is 6.10 Å². The molecule has 0 saturated heterocycles. The van der Waals surface area contributed by atoms with Crippen molar-refractivity contribution in [3.8, 4) is 11.5 Å². The molecule has 0 fully saturated rings. The summed E-state index contributed by atoms with van der Waals surface area (Å²) in [6, 6.07) is 3.80. The Bertz CT molecular complexity index is 1350. The highest BCUT2D eigenvalue weighted by Crippen LogP contribution is 2.41. The first-order valence-corrected chi connectivity index (χ1v) is 20.0. The van der Waals surface area contributed by atoms with Crippen LogP contribution in [-0.4, -0.2) is 12.1 Å². The van der Waals surface area contributed by atoms with Gasteiger partial charge in [0.1, 0.15) is 11.5 Å². The van der Waals surface area contributed by atoms with Crippen LogP contribution in [0.4, 0.5) is 0 Å². The van der Waals surface area contributed by atoms with Gasteiger partial charge >= 0.3 is 5.97 Å². The number of hydrogen-bond donors (Lipinski definition) is 0. The van der Waals surface area contributed by atoms with E-state index in [1.54, 1.807) is 0 Å². The zero-order valence-electron chi connectivity index (χ0n) is 34.3. The first-order chi connectivity index (χ1) is 23.6. The third-order valence-corrected chi connectivity index (χ3v) is 10.5. The molecule has 3 unspecified atom stereocenters. The Morgan fingerprint density at radius 1 is 0.940 bits per heavy atom. The molecule has 0 aromatic heterocycles. The second-order valence-corrected chi connectivity index (χ2v) is 16.8. The van der Waals surface area contributed by atoms with Crippen molar-refractivity contribution in [2.45, 2.75) is 173 Å². The molecule has 0 saturated carbocycles. The van der Waals surface area contributed by atoms with Crippen molar-refractivity contribution in [1.29, 1.82) is 0 Å². The normalized spacial score (nSPS) is 19.3. The van der Waals surface area contributed by atoms with Crippen molar-refractivity contribution in [1.82, 2.24) is 0 Å². The molecular weight excluding hydrogens is 613 g/mol. The van der Waals surface area contributed by atoms with E-state index in [0.717, 1.165) is 53.0 Å². The Morgan fingerprint density at radius 2 is 1.60 bits per heavy atom. The van der Waals surface area contributed by atoms with Crippen LogP contribution >= 0.6 is 0 Å². The number of esters is 1. The van der Waals surface area contributed by atoms with E-state index in [1.165, 1.54) is 93.4 Å². The minimum atomic E-state index is -0.367. The Hall–Kier alpha value is -2.81. The maximum atomic E-state index is 12.4. The number of aryl methyl sites for hydroxylation is 2. The molecule has 3 nitrogen and oxygen atoms in total. The van der Waals surface area contributed by atoms with E-state index >= 15 is 0 Å². The van der Waals surface area contributed by atoms with Crippen molar-refractivity contribution in [3.63, 3.8) is 0 Å². The van der Waals surface area contributed by atoms with Gasteiger partial charge in [0.2, 0.25) is 0 Å². The van der Waals surface area contributed by atoms with Gasteiger partial charge in [-0.3, -0.25) is 0 Å². The van der Waals surface area contributed by atoms with Crippen molar-refractivity contribution in [2.75, 3.05) is 0 Å². The highest BCUT2D eigenvalue weighted by Gasteiger charge is 2.26. The molecule has 1 aliphatic heterocycles. The molecule has 50 heavy (non-hydrogen) atoms. The first kappa shape index (κ1) is 43.4. The van der Waals surface area contributed by atoms with E-state index in [4.69, 9.17) is 9.47 Å². The summed E-state index contributed by atoms with van der Waals surface area (Å²) in [6.45, 7) is 26.8. The molecule has 0 amide bonds. The molecule has 280 valence electrons. The van der Waals surface area contributed by atoms with Crippen LogP contribution in [0.25, 0.3) is 0 Å². The van der Waals surface area contributed by atoms with Gasteiger partial charge in [-0.15, -0.1) is 0 Å². The topological polar surface area (TPSA) is 35.5 Å². The zero-order chi connectivity index (χ0) is 37.3. The van der Waals surface area contributed by atoms with Crippen LogP contribution < -0.4 is 9.47 Å². The number of allylic oxidation sites excluding steroid dienone is 9. The monoisotopic (exact) mass is 687 g/mol. The Morgan fingerprint density at radius 3 is 2.24 bits per heavy atom. The maximum absolute atomic E-state index is 12.4. The van der Waals surface area contributed by atoms with Crippen LogP contribution in [0, 0.1) is 30.1 Å². The summed E-state index contributed by atoms with van der Waals surface area (Å²) < 4.78 is 11.5. The predicted octanol–water partition coefficient (Wildman–Crippen LogP) is 14.2. The first-order valence-electron chi connectivity index (χ1n) is 20.0. The SMILES string of the molecule is CC1=C(/C=C/C(C)=C/C=C/C(C)=C/C(=O)Oc2cc(C)c3c(c2)CCC(C)O3)C(C)(C)CCC1.CCCC(C)CCCC(C)CCCC(C)C. The molecule has 1 aromatic carbocycles. The van der Waals surface area contributed by atoms with E-state index < -0.39 is 0 Å². The van der Waals surface area contributed by atoms with Crippen LogP contribution in [0.5, 0.6) is 11.5 Å². The number of benzene rings is 1. The largest absolute Gasteiger partial charge is 0.490 e. The molecule has 0 spiro atoms. The van der Waals surface area contributed by atoms with Crippen molar-refractivity contribution in [2.24, 2.45) is 23.2 Å². The summed E-state index contributed by atoms with van der Waals surface area (Å²) in [6.07, 6.45) is 29.2. The van der Waals surface area contributed by atoms with Crippen molar-refractivity contribution >= 4 is 5.97 Å². The number of fused-ring (bicyclic) bond motifs is 1. The molecule has 3 atom stereocenters. The molecule has 0 N–H and O–H groups in total. The van der Waals surface area contributed by atoms with Crippen LogP contribution in [0.3, 0.4) is 0 Å². The standard InChI is InChI=1S/C31H40O3.C16H34/c1-21(13-16-28-23(3)12-9-17-31(28,6)7)10-8-11-22(2)18-29(32)34-27-19-24(4)30-26(20-27)15-14-25(5)33-30;1-6-9-15(4)12-8-13-16(5)11-7-10-14(2)3/h8,10-11,13,16,18-20,25H,9,12,14-15,17H2,1-7H3;14-16H,6-13H2,1-5H3/b11-8+,16-13+,21-10+,22-18+;. The highest BCUT2D eigenvalue weighted by molar-refractivity contribution is 5.85. The maximum Gasteiger partial charge on any atom is 0.336 e. The van der Waals surface area contributed by atoms with Crippen LogP contribution in [0.15, 0.2) is 70.9 Å². The quantitative estimate of drug-likeness (QED) is 0.0751. The highest BCUT2D eigenvalue weighted by atomic mass is 16.5. The molecule has 3 heteroatoms. The predicted molar refractivity (Wildman–Crippen MR) is 217 cm³/mol. The Labute approximate surface area is 308 Å². The minimum Gasteiger partial charge on any atom is -0.490 e. The fourth-order valence-electron chi connectivity index (χ4n) is 7.33. The number of rotatable bonds is 16.